The van der Waals surface area contributed by atoms with Crippen LogP contribution >= 0.6 is 11.6 Å². The number of halogens is 1. The van der Waals surface area contributed by atoms with Gasteiger partial charge in [-0.15, -0.1) is 0 Å². The average Bonchev–Trinajstić information content (AvgIpc) is 2.83. The van der Waals surface area contributed by atoms with E-state index in [-0.39, 0.29) is 5.91 Å². The molecule has 3 rings (SSSR count). The summed E-state index contributed by atoms with van der Waals surface area (Å²) in [4.78, 5) is 21.4. The molecule has 0 bridgehead atoms. The highest BCUT2D eigenvalue weighted by Crippen LogP contribution is 2.24. The third-order valence-corrected chi connectivity index (χ3v) is 4.70. The maximum Gasteiger partial charge on any atom is 0.255 e. The van der Waals surface area contributed by atoms with Crippen molar-refractivity contribution in [3.05, 3.63) is 22.8 Å². The van der Waals surface area contributed by atoms with Gasteiger partial charge in [-0.1, -0.05) is 11.6 Å². The molecule has 114 valence electrons. The zero-order valence-electron chi connectivity index (χ0n) is 12.3. The Morgan fingerprint density at radius 2 is 2.19 bits per heavy atom. The first kappa shape index (κ1) is 14.6. The van der Waals surface area contributed by atoms with Crippen molar-refractivity contribution in [1.29, 1.82) is 0 Å². The van der Waals surface area contributed by atoms with Crippen molar-refractivity contribution in [3.63, 3.8) is 0 Å². The van der Waals surface area contributed by atoms with Gasteiger partial charge in [-0.3, -0.25) is 9.69 Å². The molecule has 0 spiro atoms. The van der Waals surface area contributed by atoms with E-state index in [2.05, 4.69) is 15.2 Å². The van der Waals surface area contributed by atoms with Crippen molar-refractivity contribution >= 4 is 23.3 Å². The number of carbonyl (C=O) groups is 1. The van der Waals surface area contributed by atoms with Crippen molar-refractivity contribution in [1.82, 2.24) is 14.8 Å². The molecule has 6 heteroatoms. The number of aromatic nitrogens is 1. The maximum absolute atomic E-state index is 12.7. The van der Waals surface area contributed by atoms with E-state index in [4.69, 9.17) is 11.6 Å². The highest BCUT2D eigenvalue weighted by atomic mass is 35.5. The quantitative estimate of drug-likeness (QED) is 0.909. The van der Waals surface area contributed by atoms with Gasteiger partial charge in [-0.25, -0.2) is 4.98 Å². The summed E-state index contributed by atoms with van der Waals surface area (Å²) >= 11 is 6.13. The Balaban J connectivity index is 1.76. The van der Waals surface area contributed by atoms with Crippen molar-refractivity contribution in [2.75, 3.05) is 38.5 Å². The number of carbonyl (C=O) groups excluding carboxylic acids is 1. The van der Waals surface area contributed by atoms with Crippen LogP contribution in [0.15, 0.2) is 12.3 Å². The lowest BCUT2D eigenvalue weighted by Crippen LogP contribution is -2.39. The molecule has 5 nitrogen and oxygen atoms in total. The Morgan fingerprint density at radius 1 is 1.38 bits per heavy atom. The number of nitrogens with zero attached hydrogens (tertiary/aromatic N) is 3. The predicted octanol–water partition coefficient (Wildman–Crippen LogP) is 2.09. The lowest BCUT2D eigenvalue weighted by Gasteiger charge is -2.25. The number of hydrogen-bond acceptors (Lipinski definition) is 4. The minimum Gasteiger partial charge on any atom is -0.372 e. The summed E-state index contributed by atoms with van der Waals surface area (Å²) < 4.78 is 0. The average molecular weight is 309 g/mol. The molecule has 1 aromatic rings. The molecule has 1 atom stereocenters. The van der Waals surface area contributed by atoms with Gasteiger partial charge >= 0.3 is 0 Å². The second kappa shape index (κ2) is 6.20. The lowest BCUT2D eigenvalue weighted by molar-refractivity contribution is 0.0743. The minimum atomic E-state index is 0.0424. The summed E-state index contributed by atoms with van der Waals surface area (Å²) in [5.74, 6) is 0.645. The van der Waals surface area contributed by atoms with Crippen LogP contribution < -0.4 is 5.32 Å². The first-order chi connectivity index (χ1) is 10.2. The standard InChI is InChI=1S/C15H21ClN4O/c1-17-14-13(16)8-11(9-18-14)15(21)20-7-3-6-19-5-2-4-12(19)10-20/h8-9,12H,2-7,10H2,1H3,(H,17,18). The zero-order valence-corrected chi connectivity index (χ0v) is 13.1. The van der Waals surface area contributed by atoms with Crippen LogP contribution in [0.3, 0.4) is 0 Å². The van der Waals surface area contributed by atoms with E-state index >= 15 is 0 Å². The third-order valence-electron chi connectivity index (χ3n) is 4.42. The number of pyridine rings is 1. The van der Waals surface area contributed by atoms with Crippen LogP contribution in [0.4, 0.5) is 5.82 Å². The summed E-state index contributed by atoms with van der Waals surface area (Å²) in [6, 6.07) is 2.23. The molecule has 0 aliphatic carbocycles. The van der Waals surface area contributed by atoms with Crippen molar-refractivity contribution in [2.45, 2.75) is 25.3 Å². The fourth-order valence-electron chi connectivity index (χ4n) is 3.31. The summed E-state index contributed by atoms with van der Waals surface area (Å²) in [7, 11) is 1.76. The first-order valence-corrected chi connectivity index (χ1v) is 7.93. The SMILES string of the molecule is CNc1ncc(C(=O)N2CCCN3CCCC3C2)cc1Cl. The fraction of sp³-hybridized carbons (Fsp3) is 0.600. The Labute approximate surface area is 130 Å². The largest absolute Gasteiger partial charge is 0.372 e. The summed E-state index contributed by atoms with van der Waals surface area (Å²) in [5, 5.41) is 3.39. The smallest absolute Gasteiger partial charge is 0.255 e. The second-order valence-corrected chi connectivity index (χ2v) is 6.15. The first-order valence-electron chi connectivity index (χ1n) is 7.55. The predicted molar refractivity (Wildman–Crippen MR) is 83.9 cm³/mol. The molecule has 0 saturated carbocycles. The van der Waals surface area contributed by atoms with Gasteiger partial charge in [0.15, 0.2) is 0 Å². The van der Waals surface area contributed by atoms with Crippen molar-refractivity contribution in [2.24, 2.45) is 0 Å². The number of amides is 1. The topological polar surface area (TPSA) is 48.5 Å². The van der Waals surface area contributed by atoms with Crippen LogP contribution in [0.5, 0.6) is 0 Å². The highest BCUT2D eigenvalue weighted by molar-refractivity contribution is 6.33. The molecule has 2 fully saturated rings. The lowest BCUT2D eigenvalue weighted by atomic mass is 10.2. The number of rotatable bonds is 2. The Morgan fingerprint density at radius 3 is 2.95 bits per heavy atom. The maximum atomic E-state index is 12.7. The second-order valence-electron chi connectivity index (χ2n) is 5.74. The van der Waals surface area contributed by atoms with Gasteiger partial charge < -0.3 is 10.2 Å². The molecule has 2 aliphatic rings. The van der Waals surface area contributed by atoms with Crippen LogP contribution in [-0.4, -0.2) is 60.0 Å². The zero-order chi connectivity index (χ0) is 14.8. The molecule has 1 N–H and O–H groups in total. The summed E-state index contributed by atoms with van der Waals surface area (Å²) in [6.45, 7) is 3.92. The number of nitrogens with one attached hydrogen (secondary N) is 1. The molecule has 1 aromatic heterocycles. The molecule has 21 heavy (non-hydrogen) atoms. The monoisotopic (exact) mass is 308 g/mol. The molecular weight excluding hydrogens is 288 g/mol. The van der Waals surface area contributed by atoms with Crippen LogP contribution in [0.2, 0.25) is 5.02 Å². The van der Waals surface area contributed by atoms with Crippen molar-refractivity contribution in [3.8, 4) is 0 Å². The van der Waals surface area contributed by atoms with Gasteiger partial charge in [0.2, 0.25) is 0 Å². The van der Waals surface area contributed by atoms with Crippen LogP contribution in [-0.2, 0) is 0 Å². The van der Waals surface area contributed by atoms with E-state index in [1.807, 2.05) is 4.90 Å². The Hall–Kier alpha value is -1.33. The normalized spacial score (nSPS) is 22.8. The van der Waals surface area contributed by atoms with Gasteiger partial charge in [0.25, 0.3) is 5.91 Å². The fourth-order valence-corrected chi connectivity index (χ4v) is 3.57. The van der Waals surface area contributed by atoms with E-state index in [1.54, 1.807) is 19.3 Å². The van der Waals surface area contributed by atoms with E-state index < -0.39 is 0 Å². The number of hydrogen-bond donors (Lipinski definition) is 1. The van der Waals surface area contributed by atoms with Crippen molar-refractivity contribution < 1.29 is 4.79 Å². The Bertz CT molecular complexity index is 536. The van der Waals surface area contributed by atoms with Gasteiger partial charge in [-0.2, -0.15) is 0 Å². The summed E-state index contributed by atoms with van der Waals surface area (Å²) in [6.07, 6.45) is 5.09. The van der Waals surface area contributed by atoms with Gasteiger partial charge in [-0.05, 0) is 31.9 Å². The minimum absolute atomic E-state index is 0.0424. The van der Waals surface area contributed by atoms with Gasteiger partial charge in [0, 0.05) is 38.9 Å². The number of anilines is 1. The molecular formula is C15H21ClN4O. The number of fused-ring (bicyclic) bond motifs is 1. The Kier molecular flexibility index (Phi) is 4.31. The highest BCUT2D eigenvalue weighted by Gasteiger charge is 2.31. The van der Waals surface area contributed by atoms with E-state index in [9.17, 15) is 4.79 Å². The molecule has 0 radical (unpaired) electrons. The van der Waals surface area contributed by atoms with Crippen LogP contribution in [0.1, 0.15) is 29.6 Å². The van der Waals surface area contributed by atoms with E-state index in [0.717, 1.165) is 26.1 Å². The molecule has 3 heterocycles. The molecule has 1 amide bonds. The van der Waals surface area contributed by atoms with Gasteiger partial charge in [0.05, 0.1) is 10.6 Å². The molecule has 0 aromatic carbocycles. The molecule has 2 aliphatic heterocycles. The molecule has 2 saturated heterocycles. The van der Waals surface area contributed by atoms with Gasteiger partial charge in [0.1, 0.15) is 5.82 Å². The van der Waals surface area contributed by atoms with E-state index in [0.29, 0.717) is 22.4 Å². The summed E-state index contributed by atoms with van der Waals surface area (Å²) in [5.41, 5.74) is 0.574. The van der Waals surface area contributed by atoms with E-state index in [1.165, 1.54) is 19.4 Å². The van der Waals surface area contributed by atoms with Crippen LogP contribution in [0, 0.1) is 0 Å². The third kappa shape index (κ3) is 2.99. The molecule has 1 unspecified atom stereocenters. The van der Waals surface area contributed by atoms with Crippen LogP contribution in [0.25, 0.3) is 0 Å².